The molecule has 2 aromatic rings. The van der Waals surface area contributed by atoms with E-state index in [1.807, 2.05) is 4.90 Å². The van der Waals surface area contributed by atoms with Crippen LogP contribution in [0, 0.1) is 41.5 Å². The maximum Gasteiger partial charge on any atom is 0.139 e. The summed E-state index contributed by atoms with van der Waals surface area (Å²) in [6, 6.07) is 8.53. The van der Waals surface area contributed by atoms with Gasteiger partial charge in [0.2, 0.25) is 0 Å². The van der Waals surface area contributed by atoms with E-state index < -0.39 is 0 Å². The number of anilines is 1. The van der Waals surface area contributed by atoms with E-state index in [2.05, 4.69) is 70.8 Å². The van der Waals surface area contributed by atoms with Crippen LogP contribution in [0.2, 0.25) is 0 Å². The first-order valence-corrected chi connectivity index (χ1v) is 8.23. The van der Waals surface area contributed by atoms with E-state index in [0.29, 0.717) is 0 Å². The fraction of sp³-hybridized carbons (Fsp3) is 0.333. The number of rotatable bonds is 5. The Labute approximate surface area is 145 Å². The van der Waals surface area contributed by atoms with Crippen LogP contribution >= 0.6 is 0 Å². The van der Waals surface area contributed by atoms with Crippen molar-refractivity contribution >= 4 is 24.0 Å². The molecule has 0 bridgehead atoms. The lowest BCUT2D eigenvalue weighted by atomic mass is 10.0. The second-order valence-electron chi connectivity index (χ2n) is 6.56. The fourth-order valence-corrected chi connectivity index (χ4v) is 3.41. The Morgan fingerprint density at radius 3 is 1.75 bits per heavy atom. The minimum absolute atomic E-state index is 0.290. The molecular weight excluding hydrogens is 296 g/mol. The minimum Gasteiger partial charge on any atom is -0.325 e. The highest BCUT2D eigenvalue weighted by Crippen LogP contribution is 2.27. The molecule has 0 radical (unpaired) electrons. The third kappa shape index (κ3) is 3.91. The van der Waals surface area contributed by atoms with E-state index in [0.717, 1.165) is 39.9 Å². The number of benzene rings is 2. The molecule has 0 fully saturated rings. The van der Waals surface area contributed by atoms with Crippen molar-refractivity contribution in [1.82, 2.24) is 0 Å². The molecule has 0 atom stereocenters. The molecular formula is C21H26N2O. The van der Waals surface area contributed by atoms with Crippen molar-refractivity contribution in [3.63, 3.8) is 0 Å². The Morgan fingerprint density at radius 2 is 1.29 bits per heavy atom. The van der Waals surface area contributed by atoms with Gasteiger partial charge in [-0.15, -0.1) is 0 Å². The van der Waals surface area contributed by atoms with E-state index in [-0.39, 0.29) is 6.54 Å². The minimum atomic E-state index is 0.290. The Kier molecular flexibility index (Phi) is 5.55. The molecule has 24 heavy (non-hydrogen) atoms. The number of aliphatic imine (C=N–C) groups is 1. The molecule has 0 aromatic heterocycles. The molecule has 0 unspecified atom stereocenters. The summed E-state index contributed by atoms with van der Waals surface area (Å²) < 4.78 is 0. The predicted octanol–water partition coefficient (Wildman–Crippen LogP) is 4.90. The number of aryl methyl sites for hydroxylation is 6. The second kappa shape index (κ2) is 7.43. The zero-order chi connectivity index (χ0) is 17.9. The Morgan fingerprint density at radius 1 is 0.833 bits per heavy atom. The first-order chi connectivity index (χ1) is 11.3. The summed E-state index contributed by atoms with van der Waals surface area (Å²) in [6.07, 6.45) is 2.70. The second-order valence-corrected chi connectivity index (χ2v) is 6.56. The van der Waals surface area contributed by atoms with Gasteiger partial charge in [-0.2, -0.15) is 0 Å². The van der Waals surface area contributed by atoms with Gasteiger partial charge < -0.3 is 9.69 Å². The number of hydrogen-bond acceptors (Lipinski definition) is 2. The van der Waals surface area contributed by atoms with Gasteiger partial charge in [-0.05, 0) is 63.8 Å². The summed E-state index contributed by atoms with van der Waals surface area (Å²) in [6.45, 7) is 12.7. The van der Waals surface area contributed by atoms with Crippen LogP contribution in [0.15, 0.2) is 29.3 Å². The average Bonchev–Trinajstić information content (AvgIpc) is 2.44. The van der Waals surface area contributed by atoms with Gasteiger partial charge in [-0.3, -0.25) is 0 Å². The molecule has 0 aliphatic heterocycles. The van der Waals surface area contributed by atoms with Gasteiger partial charge in [-0.1, -0.05) is 35.4 Å². The molecule has 0 heterocycles. The number of carbonyl (C=O) groups is 1. The van der Waals surface area contributed by atoms with Crippen LogP contribution in [-0.2, 0) is 4.79 Å². The smallest absolute Gasteiger partial charge is 0.139 e. The summed E-state index contributed by atoms with van der Waals surface area (Å²) in [5.41, 5.74) is 9.08. The van der Waals surface area contributed by atoms with Gasteiger partial charge in [0.05, 0.1) is 18.6 Å². The normalized spacial score (nSPS) is 11.1. The highest BCUT2D eigenvalue weighted by molar-refractivity contribution is 5.88. The molecule has 0 spiro atoms. The van der Waals surface area contributed by atoms with E-state index in [9.17, 15) is 4.79 Å². The van der Waals surface area contributed by atoms with E-state index in [4.69, 9.17) is 0 Å². The van der Waals surface area contributed by atoms with Crippen LogP contribution in [0.1, 0.15) is 33.4 Å². The van der Waals surface area contributed by atoms with Gasteiger partial charge in [0, 0.05) is 5.69 Å². The number of nitrogens with zero attached hydrogens (tertiary/aromatic N) is 2. The van der Waals surface area contributed by atoms with Crippen LogP contribution in [0.25, 0.3) is 0 Å². The summed E-state index contributed by atoms with van der Waals surface area (Å²) in [5, 5.41) is 0. The van der Waals surface area contributed by atoms with Gasteiger partial charge in [-0.25, -0.2) is 4.99 Å². The zero-order valence-corrected chi connectivity index (χ0v) is 15.5. The number of carbonyl (C=O) groups excluding carboxylic acids is 1. The summed E-state index contributed by atoms with van der Waals surface area (Å²) in [7, 11) is 0. The molecule has 0 aliphatic rings. The molecule has 0 N–H and O–H groups in total. The molecule has 3 nitrogen and oxygen atoms in total. The van der Waals surface area contributed by atoms with E-state index in [1.54, 1.807) is 6.34 Å². The van der Waals surface area contributed by atoms with Crippen LogP contribution in [0.4, 0.5) is 11.4 Å². The molecule has 2 rings (SSSR count). The zero-order valence-electron chi connectivity index (χ0n) is 15.5. The summed E-state index contributed by atoms with van der Waals surface area (Å²) in [4.78, 5) is 17.8. The summed E-state index contributed by atoms with van der Waals surface area (Å²) in [5.74, 6) is 0. The number of hydrogen-bond donors (Lipinski definition) is 0. The van der Waals surface area contributed by atoms with Crippen molar-refractivity contribution in [1.29, 1.82) is 0 Å². The van der Waals surface area contributed by atoms with Gasteiger partial charge in [0.15, 0.2) is 0 Å². The molecule has 0 aliphatic carbocycles. The topological polar surface area (TPSA) is 32.7 Å². The molecule has 3 heteroatoms. The first kappa shape index (κ1) is 17.9. The Balaban J connectivity index is 2.45. The molecule has 2 aromatic carbocycles. The largest absolute Gasteiger partial charge is 0.325 e. The Bertz CT molecular complexity index is 744. The highest BCUT2D eigenvalue weighted by atomic mass is 16.1. The van der Waals surface area contributed by atoms with Crippen molar-refractivity contribution in [2.45, 2.75) is 41.5 Å². The fourth-order valence-electron chi connectivity index (χ4n) is 3.41. The van der Waals surface area contributed by atoms with Gasteiger partial charge in [0.25, 0.3) is 0 Å². The first-order valence-electron chi connectivity index (χ1n) is 8.23. The van der Waals surface area contributed by atoms with E-state index >= 15 is 0 Å². The maximum atomic E-state index is 11.2. The monoisotopic (exact) mass is 322 g/mol. The van der Waals surface area contributed by atoms with Crippen LogP contribution in [0.5, 0.6) is 0 Å². The maximum absolute atomic E-state index is 11.2. The lowest BCUT2D eigenvalue weighted by Gasteiger charge is -2.22. The van der Waals surface area contributed by atoms with E-state index in [1.165, 1.54) is 11.1 Å². The molecule has 0 saturated heterocycles. The Hall–Kier alpha value is -2.42. The quantitative estimate of drug-likeness (QED) is 0.445. The van der Waals surface area contributed by atoms with Crippen molar-refractivity contribution in [2.75, 3.05) is 11.4 Å². The standard InChI is InChI=1S/C21H26N2O/c1-14-9-16(3)20(17(4)10-14)22-13-23(7-8-24)21-18(5)11-15(2)12-19(21)6/h8-13H,7H2,1-6H3. The van der Waals surface area contributed by atoms with Crippen molar-refractivity contribution < 1.29 is 4.79 Å². The highest BCUT2D eigenvalue weighted by Gasteiger charge is 2.11. The third-order valence-corrected chi connectivity index (χ3v) is 4.16. The van der Waals surface area contributed by atoms with Crippen molar-refractivity contribution in [3.8, 4) is 0 Å². The van der Waals surface area contributed by atoms with Crippen molar-refractivity contribution in [3.05, 3.63) is 57.6 Å². The number of aldehydes is 1. The van der Waals surface area contributed by atoms with Crippen LogP contribution in [0.3, 0.4) is 0 Å². The molecule has 0 saturated carbocycles. The van der Waals surface area contributed by atoms with Crippen LogP contribution < -0.4 is 4.90 Å². The summed E-state index contributed by atoms with van der Waals surface area (Å²) >= 11 is 0. The SMILES string of the molecule is Cc1cc(C)c(N=CN(CC=O)c2c(C)cc(C)cc2C)c(C)c1. The molecule has 0 amide bonds. The predicted molar refractivity (Wildman–Crippen MR) is 103 cm³/mol. The van der Waals surface area contributed by atoms with Gasteiger partial charge in [0.1, 0.15) is 6.29 Å². The van der Waals surface area contributed by atoms with Gasteiger partial charge >= 0.3 is 0 Å². The van der Waals surface area contributed by atoms with Crippen LogP contribution in [-0.4, -0.2) is 19.2 Å². The lowest BCUT2D eigenvalue weighted by Crippen LogP contribution is -2.25. The lowest BCUT2D eigenvalue weighted by molar-refractivity contribution is -0.106. The van der Waals surface area contributed by atoms with Crippen molar-refractivity contribution in [2.24, 2.45) is 4.99 Å². The third-order valence-electron chi connectivity index (χ3n) is 4.16. The average molecular weight is 322 g/mol. The molecule has 126 valence electrons.